The van der Waals surface area contributed by atoms with E-state index in [9.17, 15) is 4.79 Å². The summed E-state index contributed by atoms with van der Waals surface area (Å²) in [6.07, 6.45) is 0. The maximum absolute atomic E-state index is 12.4. The minimum atomic E-state index is -0.136. The van der Waals surface area contributed by atoms with Crippen molar-refractivity contribution in [2.45, 2.75) is 0 Å². The Labute approximate surface area is 169 Å². The van der Waals surface area contributed by atoms with E-state index in [1.807, 2.05) is 60.0 Å². The highest BCUT2D eigenvalue weighted by molar-refractivity contribution is 9.10. The molecule has 0 aliphatic rings. The molecule has 0 unspecified atom stereocenters. The van der Waals surface area contributed by atoms with E-state index in [1.165, 1.54) is 0 Å². The molecule has 27 heavy (non-hydrogen) atoms. The molecule has 4 aromatic rings. The number of amides is 1. The zero-order valence-electron chi connectivity index (χ0n) is 14.2. The molecule has 0 spiro atoms. The van der Waals surface area contributed by atoms with Crippen LogP contribution >= 0.6 is 27.3 Å². The third-order valence-electron chi connectivity index (χ3n) is 4.05. The van der Waals surface area contributed by atoms with Crippen molar-refractivity contribution < 1.29 is 4.79 Å². The van der Waals surface area contributed by atoms with Gasteiger partial charge in [0.1, 0.15) is 5.01 Å². The number of hydrogen-bond acceptors (Lipinski definition) is 3. The van der Waals surface area contributed by atoms with E-state index in [0.29, 0.717) is 5.56 Å². The van der Waals surface area contributed by atoms with Crippen LogP contribution in [0.2, 0.25) is 0 Å². The van der Waals surface area contributed by atoms with Gasteiger partial charge in [-0.15, -0.1) is 11.3 Å². The normalized spacial score (nSPS) is 10.6. The molecular weight excluding hydrogens is 420 g/mol. The van der Waals surface area contributed by atoms with Crippen LogP contribution in [0.5, 0.6) is 0 Å². The Morgan fingerprint density at radius 1 is 0.889 bits per heavy atom. The Morgan fingerprint density at radius 2 is 1.63 bits per heavy atom. The summed E-state index contributed by atoms with van der Waals surface area (Å²) in [6.45, 7) is 0. The Balaban J connectivity index is 1.55. The van der Waals surface area contributed by atoms with E-state index < -0.39 is 0 Å². The number of anilines is 1. The van der Waals surface area contributed by atoms with Crippen LogP contribution in [-0.2, 0) is 0 Å². The summed E-state index contributed by atoms with van der Waals surface area (Å²) < 4.78 is 0.943. The molecule has 4 rings (SSSR count). The molecule has 3 aromatic carbocycles. The van der Waals surface area contributed by atoms with Gasteiger partial charge in [0, 0.05) is 32.2 Å². The molecule has 1 heterocycles. The molecule has 0 aliphatic carbocycles. The van der Waals surface area contributed by atoms with Crippen LogP contribution in [-0.4, -0.2) is 10.9 Å². The Hall–Kier alpha value is -2.76. The van der Waals surface area contributed by atoms with Gasteiger partial charge in [-0.2, -0.15) is 0 Å². The number of hydrogen-bond donors (Lipinski definition) is 1. The fourth-order valence-electron chi connectivity index (χ4n) is 2.68. The third-order valence-corrected chi connectivity index (χ3v) is 5.47. The molecule has 0 atom stereocenters. The largest absolute Gasteiger partial charge is 0.322 e. The van der Waals surface area contributed by atoms with Crippen molar-refractivity contribution in [3.05, 3.63) is 94.3 Å². The number of rotatable bonds is 4. The van der Waals surface area contributed by atoms with Crippen LogP contribution in [0, 0.1) is 0 Å². The molecule has 1 amide bonds. The van der Waals surface area contributed by atoms with Gasteiger partial charge in [-0.3, -0.25) is 4.79 Å². The molecular formula is C22H15BrN2OS. The molecule has 0 fully saturated rings. The summed E-state index contributed by atoms with van der Waals surface area (Å²) in [5.41, 5.74) is 4.34. The lowest BCUT2D eigenvalue weighted by Gasteiger charge is -2.07. The number of aromatic nitrogens is 1. The SMILES string of the molecule is O=C(Nc1cccc(-c2csc(-c3ccccc3)n2)c1)c1ccc(Br)cc1. The molecule has 3 nitrogen and oxygen atoms in total. The maximum Gasteiger partial charge on any atom is 0.255 e. The smallest absolute Gasteiger partial charge is 0.255 e. The summed E-state index contributed by atoms with van der Waals surface area (Å²) in [4.78, 5) is 17.2. The van der Waals surface area contributed by atoms with E-state index in [4.69, 9.17) is 4.98 Å². The lowest BCUT2D eigenvalue weighted by atomic mass is 10.1. The first-order valence-corrected chi connectivity index (χ1v) is 10.0. The van der Waals surface area contributed by atoms with Gasteiger partial charge in [-0.05, 0) is 36.4 Å². The average Bonchev–Trinajstić information content (AvgIpc) is 3.20. The molecule has 5 heteroatoms. The van der Waals surface area contributed by atoms with Gasteiger partial charge in [0.2, 0.25) is 0 Å². The van der Waals surface area contributed by atoms with Gasteiger partial charge in [-0.25, -0.2) is 4.98 Å². The van der Waals surface area contributed by atoms with Gasteiger partial charge in [0.15, 0.2) is 0 Å². The van der Waals surface area contributed by atoms with Crippen molar-refractivity contribution in [1.82, 2.24) is 4.98 Å². The minimum Gasteiger partial charge on any atom is -0.322 e. The van der Waals surface area contributed by atoms with E-state index in [-0.39, 0.29) is 5.91 Å². The highest BCUT2D eigenvalue weighted by Gasteiger charge is 2.09. The monoisotopic (exact) mass is 434 g/mol. The Morgan fingerprint density at radius 3 is 2.41 bits per heavy atom. The highest BCUT2D eigenvalue weighted by atomic mass is 79.9. The number of benzene rings is 3. The molecule has 132 valence electrons. The second kappa shape index (κ2) is 7.86. The van der Waals surface area contributed by atoms with Crippen LogP contribution in [0.1, 0.15) is 10.4 Å². The Bertz CT molecular complexity index is 1070. The standard InChI is InChI=1S/C22H15BrN2OS/c23-18-11-9-15(10-12-18)21(26)24-19-8-4-7-17(13-19)20-14-27-22(25-20)16-5-2-1-3-6-16/h1-14H,(H,24,26). The second-order valence-corrected chi connectivity index (χ2v) is 7.72. The zero-order valence-corrected chi connectivity index (χ0v) is 16.6. The number of carbonyl (C=O) groups excluding carboxylic acids is 1. The van der Waals surface area contributed by atoms with Gasteiger partial charge in [0.25, 0.3) is 5.91 Å². The van der Waals surface area contributed by atoms with E-state index in [2.05, 4.69) is 33.4 Å². The van der Waals surface area contributed by atoms with Crippen molar-refractivity contribution >= 4 is 38.9 Å². The first-order chi connectivity index (χ1) is 13.2. The number of thiazole rings is 1. The van der Waals surface area contributed by atoms with E-state index in [1.54, 1.807) is 23.5 Å². The average molecular weight is 435 g/mol. The number of halogens is 1. The van der Waals surface area contributed by atoms with Gasteiger partial charge in [-0.1, -0.05) is 58.4 Å². The lowest BCUT2D eigenvalue weighted by Crippen LogP contribution is -2.11. The molecule has 1 N–H and O–H groups in total. The van der Waals surface area contributed by atoms with Crippen LogP contribution < -0.4 is 5.32 Å². The molecule has 0 radical (unpaired) electrons. The van der Waals surface area contributed by atoms with Gasteiger partial charge < -0.3 is 5.32 Å². The summed E-state index contributed by atoms with van der Waals surface area (Å²) in [6, 6.07) is 25.1. The fourth-order valence-corrected chi connectivity index (χ4v) is 3.78. The minimum absolute atomic E-state index is 0.136. The molecule has 1 aromatic heterocycles. The van der Waals surface area contributed by atoms with Crippen molar-refractivity contribution in [2.75, 3.05) is 5.32 Å². The third kappa shape index (κ3) is 4.15. The molecule has 0 bridgehead atoms. The van der Waals surface area contributed by atoms with Crippen molar-refractivity contribution in [3.63, 3.8) is 0 Å². The first-order valence-electron chi connectivity index (χ1n) is 8.37. The van der Waals surface area contributed by atoms with Crippen molar-refractivity contribution in [3.8, 4) is 21.8 Å². The predicted molar refractivity (Wildman–Crippen MR) is 115 cm³/mol. The van der Waals surface area contributed by atoms with Crippen LogP contribution in [0.4, 0.5) is 5.69 Å². The molecule has 0 saturated heterocycles. The Kier molecular flexibility index (Phi) is 5.14. The van der Waals surface area contributed by atoms with Crippen molar-refractivity contribution in [2.24, 2.45) is 0 Å². The highest BCUT2D eigenvalue weighted by Crippen LogP contribution is 2.30. The number of nitrogens with zero attached hydrogens (tertiary/aromatic N) is 1. The summed E-state index contributed by atoms with van der Waals surface area (Å²) in [5.74, 6) is -0.136. The quantitative estimate of drug-likeness (QED) is 0.398. The first kappa shape index (κ1) is 17.6. The molecule has 0 aliphatic heterocycles. The van der Waals surface area contributed by atoms with Gasteiger partial charge in [0.05, 0.1) is 5.69 Å². The summed E-state index contributed by atoms with van der Waals surface area (Å²) >= 11 is 4.99. The lowest BCUT2D eigenvalue weighted by molar-refractivity contribution is 0.102. The van der Waals surface area contributed by atoms with Crippen LogP contribution in [0.25, 0.3) is 21.8 Å². The summed E-state index contributed by atoms with van der Waals surface area (Å²) in [7, 11) is 0. The maximum atomic E-state index is 12.4. The zero-order chi connectivity index (χ0) is 18.6. The number of nitrogens with one attached hydrogen (secondary N) is 1. The van der Waals surface area contributed by atoms with Crippen LogP contribution in [0.15, 0.2) is 88.7 Å². The van der Waals surface area contributed by atoms with Crippen molar-refractivity contribution in [1.29, 1.82) is 0 Å². The van der Waals surface area contributed by atoms with E-state index >= 15 is 0 Å². The second-order valence-electron chi connectivity index (χ2n) is 5.95. The van der Waals surface area contributed by atoms with Crippen LogP contribution in [0.3, 0.4) is 0 Å². The predicted octanol–water partition coefficient (Wildman–Crippen LogP) is 6.49. The molecule has 0 saturated carbocycles. The summed E-state index contributed by atoms with van der Waals surface area (Å²) in [5, 5.41) is 5.97. The van der Waals surface area contributed by atoms with E-state index in [0.717, 1.165) is 32.0 Å². The number of carbonyl (C=O) groups is 1. The topological polar surface area (TPSA) is 42.0 Å². The van der Waals surface area contributed by atoms with Gasteiger partial charge >= 0.3 is 0 Å². The fraction of sp³-hybridized carbons (Fsp3) is 0.